The minimum absolute atomic E-state index is 0.0298. The predicted octanol–water partition coefficient (Wildman–Crippen LogP) is 0.251. The van der Waals surface area contributed by atoms with Crippen molar-refractivity contribution in [1.29, 1.82) is 0 Å². The quantitative estimate of drug-likeness (QED) is 0.816. The Bertz CT molecular complexity index is 459. The zero-order chi connectivity index (χ0) is 13.8. The number of rotatable bonds is 4. The molecule has 0 radical (unpaired) electrons. The van der Waals surface area contributed by atoms with E-state index in [1.165, 1.54) is 0 Å². The van der Waals surface area contributed by atoms with E-state index in [0.29, 0.717) is 19.5 Å². The number of likely N-dealkylation sites (tertiary alicyclic amines) is 1. The molecule has 2 amide bonds. The van der Waals surface area contributed by atoms with Crippen molar-refractivity contribution < 1.29 is 9.59 Å². The Kier molecular flexibility index (Phi) is 4.16. The molecule has 1 unspecified atom stereocenters. The second-order valence-corrected chi connectivity index (χ2v) is 4.88. The highest BCUT2D eigenvalue weighted by Gasteiger charge is 2.32. The lowest BCUT2D eigenvalue weighted by Gasteiger charge is -2.17. The van der Waals surface area contributed by atoms with Crippen LogP contribution >= 0.6 is 0 Å². The first-order chi connectivity index (χ1) is 9.08. The second-order valence-electron chi connectivity index (χ2n) is 4.88. The fourth-order valence-electron chi connectivity index (χ4n) is 2.14. The number of hydrogen-bond donors (Lipinski definition) is 2. The maximum atomic E-state index is 12.1. The number of benzene rings is 1. The molecule has 1 aliphatic rings. The molecule has 1 saturated heterocycles. The Hall–Kier alpha value is -1.88. The fraction of sp³-hybridized carbons (Fsp3) is 0.429. The van der Waals surface area contributed by atoms with Gasteiger partial charge in [-0.05, 0) is 18.9 Å². The summed E-state index contributed by atoms with van der Waals surface area (Å²) in [7, 11) is 0. The molecule has 3 N–H and O–H groups in total. The molecule has 1 heterocycles. The lowest BCUT2D eigenvalue weighted by atomic mass is 10.2. The smallest absolute Gasteiger partial charge is 0.245 e. The summed E-state index contributed by atoms with van der Waals surface area (Å²) in [4.78, 5) is 25.4. The molecule has 1 aliphatic heterocycles. The maximum Gasteiger partial charge on any atom is 0.245 e. The van der Waals surface area contributed by atoms with Gasteiger partial charge in [-0.2, -0.15) is 0 Å². The summed E-state index contributed by atoms with van der Waals surface area (Å²) in [5.74, 6) is -0.308. The molecule has 0 saturated carbocycles. The molecule has 1 fully saturated rings. The minimum Gasteiger partial charge on any atom is -0.343 e. The van der Waals surface area contributed by atoms with Crippen LogP contribution in [-0.2, 0) is 16.1 Å². The molecular formula is C14H19N3O2. The van der Waals surface area contributed by atoms with E-state index in [1.807, 2.05) is 30.3 Å². The van der Waals surface area contributed by atoms with E-state index in [0.717, 1.165) is 5.56 Å². The number of nitrogens with zero attached hydrogens (tertiary/aromatic N) is 1. The first-order valence-electron chi connectivity index (χ1n) is 6.46. The van der Waals surface area contributed by atoms with Gasteiger partial charge in [-0.25, -0.2) is 0 Å². The van der Waals surface area contributed by atoms with Crippen LogP contribution in [0.15, 0.2) is 30.3 Å². The number of carbonyl (C=O) groups is 2. The summed E-state index contributed by atoms with van der Waals surface area (Å²) in [6.45, 7) is 2.86. The molecule has 0 spiro atoms. The van der Waals surface area contributed by atoms with Crippen molar-refractivity contribution in [3.63, 3.8) is 0 Å². The van der Waals surface area contributed by atoms with Gasteiger partial charge in [-0.15, -0.1) is 0 Å². The molecule has 2 atom stereocenters. The van der Waals surface area contributed by atoms with Gasteiger partial charge in [0, 0.05) is 13.1 Å². The van der Waals surface area contributed by atoms with Crippen LogP contribution in [0.5, 0.6) is 0 Å². The van der Waals surface area contributed by atoms with Crippen molar-refractivity contribution in [3.8, 4) is 0 Å². The Labute approximate surface area is 112 Å². The average molecular weight is 261 g/mol. The highest BCUT2D eigenvalue weighted by molar-refractivity contribution is 5.90. The summed E-state index contributed by atoms with van der Waals surface area (Å²) in [6, 6.07) is 8.80. The van der Waals surface area contributed by atoms with E-state index < -0.39 is 12.1 Å². The van der Waals surface area contributed by atoms with Crippen molar-refractivity contribution in [2.24, 2.45) is 5.73 Å². The first kappa shape index (κ1) is 13.5. The molecule has 0 aromatic heterocycles. The van der Waals surface area contributed by atoms with Gasteiger partial charge in [0.15, 0.2) is 0 Å². The van der Waals surface area contributed by atoms with Gasteiger partial charge in [0.1, 0.15) is 6.04 Å². The number of hydrogen-bond acceptors (Lipinski definition) is 3. The summed E-state index contributed by atoms with van der Waals surface area (Å²) in [6.07, 6.45) is 0.643. The monoisotopic (exact) mass is 261 g/mol. The Morgan fingerprint density at radius 2 is 2.16 bits per heavy atom. The van der Waals surface area contributed by atoms with Gasteiger partial charge in [-0.3, -0.25) is 9.59 Å². The van der Waals surface area contributed by atoms with E-state index in [4.69, 9.17) is 5.73 Å². The molecular weight excluding hydrogens is 242 g/mol. The predicted molar refractivity (Wildman–Crippen MR) is 72.1 cm³/mol. The van der Waals surface area contributed by atoms with E-state index in [9.17, 15) is 9.59 Å². The largest absolute Gasteiger partial charge is 0.343 e. The highest BCUT2D eigenvalue weighted by atomic mass is 16.2. The standard InChI is InChI=1S/C14H19N3O2/c1-10(15)13(18)16-12-7-8-17(14(12)19)9-11-5-3-2-4-6-11/h2-6,10,12H,7-9,15H2,1H3,(H,16,18)/t10-,12?/m1/s1. The molecule has 0 aliphatic carbocycles. The van der Waals surface area contributed by atoms with Crippen LogP contribution in [0.4, 0.5) is 0 Å². The van der Waals surface area contributed by atoms with Crippen LogP contribution in [0.2, 0.25) is 0 Å². The molecule has 5 heteroatoms. The summed E-state index contributed by atoms with van der Waals surface area (Å²) < 4.78 is 0. The number of nitrogens with one attached hydrogen (secondary N) is 1. The van der Waals surface area contributed by atoms with Crippen LogP contribution in [-0.4, -0.2) is 35.3 Å². The summed E-state index contributed by atoms with van der Waals surface area (Å²) in [5.41, 5.74) is 6.57. The average Bonchev–Trinajstić information content (AvgIpc) is 2.73. The van der Waals surface area contributed by atoms with E-state index in [-0.39, 0.29) is 11.8 Å². The molecule has 1 aromatic rings. The van der Waals surface area contributed by atoms with Crippen molar-refractivity contribution in [3.05, 3.63) is 35.9 Å². The van der Waals surface area contributed by atoms with Gasteiger partial charge in [0.05, 0.1) is 6.04 Å². The SMILES string of the molecule is C[C@@H](N)C(=O)NC1CCN(Cc2ccccc2)C1=O. The summed E-state index contributed by atoms with van der Waals surface area (Å²) >= 11 is 0. The van der Waals surface area contributed by atoms with Crippen LogP contribution < -0.4 is 11.1 Å². The lowest BCUT2D eigenvalue weighted by molar-refractivity contribution is -0.133. The maximum absolute atomic E-state index is 12.1. The fourth-order valence-corrected chi connectivity index (χ4v) is 2.14. The van der Waals surface area contributed by atoms with Crippen LogP contribution in [0.3, 0.4) is 0 Å². The van der Waals surface area contributed by atoms with Gasteiger partial charge in [0.25, 0.3) is 0 Å². The lowest BCUT2D eigenvalue weighted by Crippen LogP contribution is -2.47. The van der Waals surface area contributed by atoms with Crippen molar-refractivity contribution in [1.82, 2.24) is 10.2 Å². The van der Waals surface area contributed by atoms with Gasteiger partial charge >= 0.3 is 0 Å². The van der Waals surface area contributed by atoms with E-state index in [1.54, 1.807) is 11.8 Å². The Morgan fingerprint density at radius 3 is 2.79 bits per heavy atom. The van der Waals surface area contributed by atoms with Crippen molar-refractivity contribution in [2.45, 2.75) is 32.0 Å². The zero-order valence-electron chi connectivity index (χ0n) is 11.0. The number of carbonyl (C=O) groups excluding carboxylic acids is 2. The molecule has 1 aromatic carbocycles. The second kappa shape index (κ2) is 5.84. The molecule has 0 bridgehead atoms. The first-order valence-corrected chi connectivity index (χ1v) is 6.46. The normalized spacial score (nSPS) is 20.4. The molecule has 5 nitrogen and oxygen atoms in total. The third kappa shape index (κ3) is 3.32. The molecule has 19 heavy (non-hydrogen) atoms. The third-order valence-corrected chi connectivity index (χ3v) is 3.24. The van der Waals surface area contributed by atoms with Crippen LogP contribution in [0.25, 0.3) is 0 Å². The number of nitrogens with two attached hydrogens (primary N) is 1. The van der Waals surface area contributed by atoms with Gasteiger partial charge < -0.3 is 16.0 Å². The van der Waals surface area contributed by atoms with Crippen LogP contribution in [0.1, 0.15) is 18.9 Å². The van der Waals surface area contributed by atoms with E-state index in [2.05, 4.69) is 5.32 Å². The minimum atomic E-state index is -0.587. The van der Waals surface area contributed by atoms with Crippen molar-refractivity contribution >= 4 is 11.8 Å². The van der Waals surface area contributed by atoms with Crippen LogP contribution in [0, 0.1) is 0 Å². The Balaban J connectivity index is 1.93. The number of amides is 2. The van der Waals surface area contributed by atoms with Crippen molar-refractivity contribution in [2.75, 3.05) is 6.54 Å². The Morgan fingerprint density at radius 1 is 1.47 bits per heavy atom. The topological polar surface area (TPSA) is 75.4 Å². The zero-order valence-corrected chi connectivity index (χ0v) is 11.0. The third-order valence-electron chi connectivity index (χ3n) is 3.24. The molecule has 2 rings (SSSR count). The van der Waals surface area contributed by atoms with Gasteiger partial charge in [0.2, 0.25) is 11.8 Å². The summed E-state index contributed by atoms with van der Waals surface area (Å²) in [5, 5.41) is 2.69. The molecule has 102 valence electrons. The highest BCUT2D eigenvalue weighted by Crippen LogP contribution is 2.15. The van der Waals surface area contributed by atoms with E-state index >= 15 is 0 Å². The van der Waals surface area contributed by atoms with Gasteiger partial charge in [-0.1, -0.05) is 30.3 Å².